The van der Waals surface area contributed by atoms with Gasteiger partial charge in [0.25, 0.3) is 5.91 Å². The van der Waals surface area contributed by atoms with Crippen LogP contribution >= 0.6 is 11.3 Å². The number of carbonyl (C=O) groups is 1. The van der Waals surface area contributed by atoms with E-state index in [4.69, 9.17) is 0 Å². The molecule has 1 aliphatic rings. The first kappa shape index (κ1) is 17.6. The summed E-state index contributed by atoms with van der Waals surface area (Å²) in [5.41, 5.74) is 3.08. The van der Waals surface area contributed by atoms with E-state index in [1.165, 1.54) is 11.3 Å². The molecule has 1 fully saturated rings. The highest BCUT2D eigenvalue weighted by molar-refractivity contribution is 7.14. The number of pyridine rings is 1. The Morgan fingerprint density at radius 2 is 2.04 bits per heavy atom. The number of rotatable bonds is 4. The first-order valence-corrected chi connectivity index (χ1v) is 9.69. The predicted octanol–water partition coefficient (Wildman–Crippen LogP) is 2.00. The molecule has 0 unspecified atom stereocenters. The summed E-state index contributed by atoms with van der Waals surface area (Å²) in [6.07, 6.45) is 3.39. The van der Waals surface area contributed by atoms with Crippen molar-refractivity contribution in [2.24, 2.45) is 0 Å². The van der Waals surface area contributed by atoms with Crippen LogP contribution in [0.15, 0.2) is 30.0 Å². The Morgan fingerprint density at radius 3 is 2.70 bits per heavy atom. The van der Waals surface area contributed by atoms with Crippen molar-refractivity contribution in [2.75, 3.05) is 36.4 Å². The number of aryl methyl sites for hydroxylation is 1. The third kappa shape index (κ3) is 3.69. The molecule has 4 heterocycles. The van der Waals surface area contributed by atoms with Gasteiger partial charge in [-0.25, -0.2) is 15.0 Å². The number of nitrogens with one attached hydrogen (secondary N) is 2. The van der Waals surface area contributed by atoms with Crippen molar-refractivity contribution in [3.63, 3.8) is 0 Å². The Bertz CT molecular complexity index is 941. The van der Waals surface area contributed by atoms with E-state index in [-0.39, 0.29) is 5.91 Å². The molecule has 0 saturated carbocycles. The van der Waals surface area contributed by atoms with Gasteiger partial charge in [-0.2, -0.15) is 0 Å². The largest absolute Gasteiger partial charge is 0.346 e. The van der Waals surface area contributed by atoms with E-state index < -0.39 is 0 Å². The van der Waals surface area contributed by atoms with Gasteiger partial charge >= 0.3 is 0 Å². The number of hydrogen-bond acceptors (Lipinski definition) is 7. The SMILES string of the molecule is Cc1ncn(-c2ccc(NC(=O)c3csc(N4CCNCC4)n3)cn2)c1C. The predicted molar refractivity (Wildman–Crippen MR) is 106 cm³/mol. The maximum atomic E-state index is 12.5. The average molecular weight is 383 g/mol. The Balaban J connectivity index is 1.44. The Kier molecular flexibility index (Phi) is 4.87. The smallest absolute Gasteiger partial charge is 0.275 e. The van der Waals surface area contributed by atoms with Crippen molar-refractivity contribution in [3.05, 3.63) is 47.1 Å². The van der Waals surface area contributed by atoms with E-state index in [1.54, 1.807) is 17.9 Å². The van der Waals surface area contributed by atoms with Crippen molar-refractivity contribution in [1.29, 1.82) is 0 Å². The van der Waals surface area contributed by atoms with Crippen LogP contribution in [-0.4, -0.2) is 51.6 Å². The number of imidazole rings is 1. The number of amides is 1. The second-order valence-electron chi connectivity index (χ2n) is 6.40. The van der Waals surface area contributed by atoms with E-state index in [2.05, 4.69) is 30.5 Å². The zero-order chi connectivity index (χ0) is 18.8. The topological polar surface area (TPSA) is 88.0 Å². The summed E-state index contributed by atoms with van der Waals surface area (Å²) < 4.78 is 1.92. The minimum absolute atomic E-state index is 0.225. The standard InChI is InChI=1S/C18H21N7OS/c1-12-13(2)25(11-21-12)16-4-3-14(9-20-16)22-17(26)15-10-27-18(23-15)24-7-5-19-6-8-24/h3-4,9-11,19H,5-8H2,1-2H3,(H,22,26). The molecule has 8 nitrogen and oxygen atoms in total. The molecule has 1 aliphatic heterocycles. The second-order valence-corrected chi connectivity index (χ2v) is 7.23. The van der Waals surface area contributed by atoms with E-state index in [9.17, 15) is 4.79 Å². The molecular formula is C18H21N7OS. The number of piperazine rings is 1. The Hall–Kier alpha value is -2.78. The molecule has 4 rings (SSSR count). The summed E-state index contributed by atoms with van der Waals surface area (Å²) in [4.78, 5) is 27.9. The van der Waals surface area contributed by atoms with Crippen LogP contribution in [0.25, 0.3) is 5.82 Å². The number of aromatic nitrogens is 4. The van der Waals surface area contributed by atoms with Crippen LogP contribution in [0.1, 0.15) is 21.9 Å². The van der Waals surface area contributed by atoms with E-state index in [0.717, 1.165) is 48.5 Å². The number of hydrogen-bond donors (Lipinski definition) is 2. The highest BCUT2D eigenvalue weighted by Crippen LogP contribution is 2.22. The molecule has 0 aliphatic carbocycles. The molecule has 27 heavy (non-hydrogen) atoms. The lowest BCUT2D eigenvalue weighted by Gasteiger charge is -2.26. The highest BCUT2D eigenvalue weighted by atomic mass is 32.1. The van der Waals surface area contributed by atoms with Gasteiger partial charge in [-0.15, -0.1) is 11.3 Å². The average Bonchev–Trinajstić information content (AvgIpc) is 3.31. The molecule has 3 aromatic heterocycles. The van der Waals surface area contributed by atoms with Gasteiger partial charge in [0.05, 0.1) is 17.6 Å². The fourth-order valence-corrected chi connectivity index (χ4v) is 3.76. The monoisotopic (exact) mass is 383 g/mol. The van der Waals surface area contributed by atoms with Crippen molar-refractivity contribution >= 4 is 28.1 Å². The maximum Gasteiger partial charge on any atom is 0.275 e. The quantitative estimate of drug-likeness (QED) is 0.717. The maximum absolute atomic E-state index is 12.5. The zero-order valence-electron chi connectivity index (χ0n) is 15.3. The van der Waals surface area contributed by atoms with Crippen LogP contribution in [0.5, 0.6) is 0 Å². The van der Waals surface area contributed by atoms with Crippen molar-refractivity contribution in [2.45, 2.75) is 13.8 Å². The molecule has 0 bridgehead atoms. The lowest BCUT2D eigenvalue weighted by Crippen LogP contribution is -2.43. The first-order valence-electron chi connectivity index (χ1n) is 8.81. The van der Waals surface area contributed by atoms with Gasteiger partial charge in [0.1, 0.15) is 17.8 Å². The third-order valence-corrected chi connectivity index (χ3v) is 5.52. The van der Waals surface area contributed by atoms with Crippen molar-refractivity contribution in [1.82, 2.24) is 24.8 Å². The number of thiazole rings is 1. The molecule has 140 valence electrons. The van der Waals surface area contributed by atoms with E-state index in [1.807, 2.05) is 30.5 Å². The zero-order valence-corrected chi connectivity index (χ0v) is 16.1. The molecule has 1 amide bonds. The molecule has 0 atom stereocenters. The molecule has 0 radical (unpaired) electrons. The van der Waals surface area contributed by atoms with Crippen LogP contribution in [0.4, 0.5) is 10.8 Å². The fourth-order valence-electron chi connectivity index (χ4n) is 2.90. The van der Waals surface area contributed by atoms with Crippen molar-refractivity contribution < 1.29 is 4.79 Å². The van der Waals surface area contributed by atoms with E-state index >= 15 is 0 Å². The van der Waals surface area contributed by atoms with E-state index in [0.29, 0.717) is 11.4 Å². The van der Waals surface area contributed by atoms with Gasteiger partial charge in [-0.1, -0.05) is 0 Å². The molecule has 9 heteroatoms. The third-order valence-electron chi connectivity index (χ3n) is 4.62. The summed E-state index contributed by atoms with van der Waals surface area (Å²) in [7, 11) is 0. The summed E-state index contributed by atoms with van der Waals surface area (Å²) in [6, 6.07) is 3.69. The van der Waals surface area contributed by atoms with Gasteiger partial charge in [0, 0.05) is 37.3 Å². The van der Waals surface area contributed by atoms with Gasteiger partial charge in [0.2, 0.25) is 0 Å². The van der Waals surface area contributed by atoms with Gasteiger partial charge in [-0.3, -0.25) is 9.36 Å². The minimum atomic E-state index is -0.225. The van der Waals surface area contributed by atoms with Gasteiger partial charge in [0.15, 0.2) is 5.13 Å². The molecule has 0 spiro atoms. The fraction of sp³-hybridized carbons (Fsp3) is 0.333. The Morgan fingerprint density at radius 1 is 1.22 bits per heavy atom. The van der Waals surface area contributed by atoms with Crippen LogP contribution in [0, 0.1) is 13.8 Å². The van der Waals surface area contributed by atoms with Crippen LogP contribution in [0.2, 0.25) is 0 Å². The van der Waals surface area contributed by atoms with Crippen molar-refractivity contribution in [3.8, 4) is 5.82 Å². The Labute approximate surface area is 161 Å². The molecule has 2 N–H and O–H groups in total. The van der Waals surface area contributed by atoms with Gasteiger partial charge < -0.3 is 15.5 Å². The van der Waals surface area contributed by atoms with Crippen LogP contribution in [-0.2, 0) is 0 Å². The highest BCUT2D eigenvalue weighted by Gasteiger charge is 2.17. The number of carbonyl (C=O) groups excluding carboxylic acids is 1. The lowest BCUT2D eigenvalue weighted by atomic mass is 10.3. The summed E-state index contributed by atoms with van der Waals surface area (Å²) in [5.74, 6) is 0.539. The minimum Gasteiger partial charge on any atom is -0.346 e. The molecular weight excluding hydrogens is 362 g/mol. The summed E-state index contributed by atoms with van der Waals surface area (Å²) >= 11 is 1.50. The first-order chi connectivity index (χ1) is 13.1. The second kappa shape index (κ2) is 7.45. The van der Waals surface area contributed by atoms with Gasteiger partial charge in [-0.05, 0) is 26.0 Å². The molecule has 3 aromatic rings. The van der Waals surface area contributed by atoms with Crippen LogP contribution < -0.4 is 15.5 Å². The summed E-state index contributed by atoms with van der Waals surface area (Å²) in [6.45, 7) is 7.66. The molecule has 0 aromatic carbocycles. The van der Waals surface area contributed by atoms with Crippen LogP contribution in [0.3, 0.4) is 0 Å². The number of anilines is 2. The summed E-state index contributed by atoms with van der Waals surface area (Å²) in [5, 5.41) is 8.86. The lowest BCUT2D eigenvalue weighted by molar-refractivity contribution is 0.102. The normalized spacial score (nSPS) is 14.4. The number of nitrogens with zero attached hydrogens (tertiary/aromatic N) is 5. The molecule has 1 saturated heterocycles.